The van der Waals surface area contributed by atoms with Gasteiger partial charge in [-0.2, -0.15) is 0 Å². The number of anilines is 2. The first-order chi connectivity index (χ1) is 11.0. The van der Waals surface area contributed by atoms with Crippen LogP contribution in [0.1, 0.15) is 29.3 Å². The van der Waals surface area contributed by atoms with Crippen molar-refractivity contribution in [3.63, 3.8) is 0 Å². The molecule has 0 aliphatic rings. The van der Waals surface area contributed by atoms with Crippen molar-refractivity contribution >= 4 is 40.4 Å². The van der Waals surface area contributed by atoms with Crippen molar-refractivity contribution in [3.05, 3.63) is 44.6 Å². The molecule has 6 heteroatoms. The highest BCUT2D eigenvalue weighted by molar-refractivity contribution is 7.16. The van der Waals surface area contributed by atoms with E-state index in [0.29, 0.717) is 6.61 Å². The molecule has 2 rings (SSSR count). The molecular formula is C17H21ClN2O2S. The van der Waals surface area contributed by atoms with Gasteiger partial charge in [0, 0.05) is 22.8 Å². The van der Waals surface area contributed by atoms with Gasteiger partial charge in [0.05, 0.1) is 10.9 Å². The molecule has 0 atom stereocenters. The van der Waals surface area contributed by atoms with Crippen LogP contribution in [0.5, 0.6) is 0 Å². The number of amides is 1. The van der Waals surface area contributed by atoms with E-state index in [9.17, 15) is 4.79 Å². The smallest absolute Gasteiger partial charge is 0.411 e. The Labute approximate surface area is 145 Å². The van der Waals surface area contributed by atoms with Crippen molar-refractivity contribution in [2.75, 3.05) is 17.2 Å². The summed E-state index contributed by atoms with van der Waals surface area (Å²) >= 11 is 7.50. The molecule has 2 N–H and O–H groups in total. The SMILES string of the molecule is CCCOC(=O)Nc1c(C)cc(NCc2ccc(Cl)s2)cc1C. The average molecular weight is 353 g/mol. The second kappa shape index (κ2) is 8.22. The number of aryl methyl sites for hydroxylation is 2. The number of hydrogen-bond acceptors (Lipinski definition) is 4. The summed E-state index contributed by atoms with van der Waals surface area (Å²) in [6.07, 6.45) is 0.396. The highest BCUT2D eigenvalue weighted by Crippen LogP contribution is 2.27. The molecule has 0 aliphatic heterocycles. The molecular weight excluding hydrogens is 332 g/mol. The van der Waals surface area contributed by atoms with Gasteiger partial charge in [0.15, 0.2) is 0 Å². The van der Waals surface area contributed by atoms with Crippen LogP contribution in [0.25, 0.3) is 0 Å². The first-order valence-electron chi connectivity index (χ1n) is 7.52. The molecule has 0 saturated heterocycles. The molecule has 0 unspecified atom stereocenters. The highest BCUT2D eigenvalue weighted by Gasteiger charge is 2.10. The molecule has 1 aromatic carbocycles. The lowest BCUT2D eigenvalue weighted by Crippen LogP contribution is -2.16. The minimum Gasteiger partial charge on any atom is -0.449 e. The van der Waals surface area contributed by atoms with Gasteiger partial charge in [-0.1, -0.05) is 18.5 Å². The fraction of sp³-hybridized carbons (Fsp3) is 0.353. The third kappa shape index (κ3) is 5.15. The molecule has 0 bridgehead atoms. The molecule has 23 heavy (non-hydrogen) atoms. The molecule has 2 aromatic rings. The van der Waals surface area contributed by atoms with Crippen LogP contribution in [0, 0.1) is 13.8 Å². The number of rotatable bonds is 6. The Kier molecular flexibility index (Phi) is 6.30. The fourth-order valence-electron chi connectivity index (χ4n) is 2.23. The summed E-state index contributed by atoms with van der Waals surface area (Å²) in [5.74, 6) is 0. The summed E-state index contributed by atoms with van der Waals surface area (Å²) in [4.78, 5) is 12.9. The number of nitrogens with one attached hydrogen (secondary N) is 2. The van der Waals surface area contributed by atoms with Crippen molar-refractivity contribution < 1.29 is 9.53 Å². The zero-order valence-corrected chi connectivity index (χ0v) is 15.1. The Bertz CT molecular complexity index is 662. The van der Waals surface area contributed by atoms with Crippen LogP contribution in [-0.2, 0) is 11.3 Å². The number of benzene rings is 1. The van der Waals surface area contributed by atoms with Crippen LogP contribution in [0.4, 0.5) is 16.2 Å². The lowest BCUT2D eigenvalue weighted by Gasteiger charge is -2.14. The van der Waals surface area contributed by atoms with Crippen molar-refractivity contribution in [2.45, 2.75) is 33.7 Å². The van der Waals surface area contributed by atoms with Crippen LogP contribution in [-0.4, -0.2) is 12.7 Å². The number of carbonyl (C=O) groups is 1. The van der Waals surface area contributed by atoms with E-state index >= 15 is 0 Å². The van der Waals surface area contributed by atoms with Crippen molar-refractivity contribution in [1.29, 1.82) is 0 Å². The van der Waals surface area contributed by atoms with Crippen LogP contribution >= 0.6 is 22.9 Å². The molecule has 0 aliphatic carbocycles. The number of ether oxygens (including phenoxy) is 1. The van der Waals surface area contributed by atoms with E-state index in [1.54, 1.807) is 11.3 Å². The van der Waals surface area contributed by atoms with Gasteiger partial charge >= 0.3 is 6.09 Å². The highest BCUT2D eigenvalue weighted by atomic mass is 35.5. The monoisotopic (exact) mass is 352 g/mol. The van der Waals surface area contributed by atoms with Gasteiger partial charge in [-0.15, -0.1) is 11.3 Å². The largest absolute Gasteiger partial charge is 0.449 e. The third-order valence-corrected chi connectivity index (χ3v) is 4.52. The molecule has 1 aromatic heterocycles. The predicted molar refractivity (Wildman–Crippen MR) is 97.8 cm³/mol. The normalized spacial score (nSPS) is 10.4. The Hall–Kier alpha value is -1.72. The summed E-state index contributed by atoms with van der Waals surface area (Å²) in [5.41, 5.74) is 3.79. The van der Waals surface area contributed by atoms with E-state index in [0.717, 1.165) is 39.8 Å². The second-order valence-electron chi connectivity index (χ2n) is 5.31. The predicted octanol–water partition coefficient (Wildman–Crippen LogP) is 5.59. The Balaban J connectivity index is 2.02. The lowest BCUT2D eigenvalue weighted by molar-refractivity contribution is 0.161. The van der Waals surface area contributed by atoms with Gasteiger partial charge < -0.3 is 10.1 Å². The Morgan fingerprint density at radius 3 is 2.52 bits per heavy atom. The minimum absolute atomic E-state index is 0.410. The molecule has 1 heterocycles. The van der Waals surface area contributed by atoms with E-state index in [1.807, 2.05) is 45.0 Å². The maximum absolute atomic E-state index is 11.7. The number of hydrogen-bond donors (Lipinski definition) is 2. The maximum Gasteiger partial charge on any atom is 0.411 e. The Morgan fingerprint density at radius 1 is 1.26 bits per heavy atom. The summed E-state index contributed by atoms with van der Waals surface area (Å²) in [6, 6.07) is 7.93. The zero-order valence-electron chi connectivity index (χ0n) is 13.5. The van der Waals surface area contributed by atoms with Gasteiger partial charge in [-0.05, 0) is 55.7 Å². The van der Waals surface area contributed by atoms with Gasteiger partial charge in [-0.25, -0.2) is 4.79 Å². The average Bonchev–Trinajstić information content (AvgIpc) is 2.92. The number of carbonyl (C=O) groups excluding carboxylic acids is 1. The number of thiophene rings is 1. The first kappa shape index (κ1) is 17.6. The van der Waals surface area contributed by atoms with E-state index in [4.69, 9.17) is 16.3 Å². The third-order valence-electron chi connectivity index (χ3n) is 3.29. The topological polar surface area (TPSA) is 50.4 Å². The Morgan fingerprint density at radius 2 is 1.96 bits per heavy atom. The van der Waals surface area contributed by atoms with E-state index in [1.165, 1.54) is 4.88 Å². The lowest BCUT2D eigenvalue weighted by atomic mass is 10.1. The van der Waals surface area contributed by atoms with Crippen molar-refractivity contribution in [3.8, 4) is 0 Å². The molecule has 0 saturated carbocycles. The summed E-state index contributed by atoms with van der Waals surface area (Å²) < 4.78 is 5.86. The maximum atomic E-state index is 11.7. The summed E-state index contributed by atoms with van der Waals surface area (Å²) in [7, 11) is 0. The summed E-state index contributed by atoms with van der Waals surface area (Å²) in [6.45, 7) is 7.05. The second-order valence-corrected chi connectivity index (χ2v) is 7.10. The van der Waals surface area contributed by atoms with Crippen LogP contribution < -0.4 is 10.6 Å². The van der Waals surface area contributed by atoms with Gasteiger partial charge in [0.1, 0.15) is 0 Å². The molecule has 1 amide bonds. The van der Waals surface area contributed by atoms with Gasteiger partial charge in [0.25, 0.3) is 0 Å². The van der Waals surface area contributed by atoms with Crippen molar-refractivity contribution in [2.24, 2.45) is 0 Å². The molecule has 4 nitrogen and oxygen atoms in total. The van der Waals surface area contributed by atoms with E-state index in [2.05, 4.69) is 10.6 Å². The standard InChI is InChI=1S/C17H21ClN2O2S/c1-4-7-22-17(21)20-16-11(2)8-13(9-12(16)3)19-10-14-5-6-15(18)23-14/h5-6,8-9,19H,4,7,10H2,1-3H3,(H,20,21). The summed E-state index contributed by atoms with van der Waals surface area (Å²) in [5, 5.41) is 6.19. The van der Waals surface area contributed by atoms with E-state index < -0.39 is 6.09 Å². The van der Waals surface area contributed by atoms with Crippen LogP contribution in [0.15, 0.2) is 24.3 Å². The molecule has 0 radical (unpaired) electrons. The quantitative estimate of drug-likeness (QED) is 0.712. The molecule has 0 spiro atoms. The van der Waals surface area contributed by atoms with Crippen LogP contribution in [0.2, 0.25) is 4.34 Å². The van der Waals surface area contributed by atoms with E-state index in [-0.39, 0.29) is 0 Å². The van der Waals surface area contributed by atoms with Crippen LogP contribution in [0.3, 0.4) is 0 Å². The molecule has 124 valence electrons. The van der Waals surface area contributed by atoms with Gasteiger partial charge in [-0.3, -0.25) is 5.32 Å². The zero-order chi connectivity index (χ0) is 16.8. The first-order valence-corrected chi connectivity index (χ1v) is 8.72. The van der Waals surface area contributed by atoms with Crippen molar-refractivity contribution in [1.82, 2.24) is 0 Å². The van der Waals surface area contributed by atoms with Gasteiger partial charge in [0.2, 0.25) is 0 Å². The minimum atomic E-state index is -0.410. The number of halogens is 1. The molecule has 0 fully saturated rings. The fourth-order valence-corrected chi connectivity index (χ4v) is 3.26.